The number of hydrogen-bond donors (Lipinski definition) is 0. The molecule has 0 unspecified atom stereocenters. The summed E-state index contributed by atoms with van der Waals surface area (Å²) in [5.41, 5.74) is 0.436. The average molecular weight is 262 g/mol. The highest BCUT2D eigenvalue weighted by Crippen LogP contribution is 2.22. The van der Waals surface area contributed by atoms with Crippen LogP contribution in [0, 0.1) is 11.6 Å². The van der Waals surface area contributed by atoms with Crippen molar-refractivity contribution in [2.75, 3.05) is 13.1 Å². The zero-order valence-electron chi connectivity index (χ0n) is 7.56. The lowest BCUT2D eigenvalue weighted by Crippen LogP contribution is -2.36. The SMILES string of the molecule is Fc1cc(CN2CCC2)c(F)cc1Br. The molecule has 0 N–H and O–H groups in total. The van der Waals surface area contributed by atoms with Gasteiger partial charge >= 0.3 is 0 Å². The first-order valence-electron chi connectivity index (χ1n) is 4.52. The zero-order chi connectivity index (χ0) is 10.1. The molecule has 1 nitrogen and oxygen atoms in total. The van der Waals surface area contributed by atoms with Crippen LogP contribution in [0.4, 0.5) is 8.78 Å². The maximum absolute atomic E-state index is 13.3. The number of nitrogens with zero attached hydrogens (tertiary/aromatic N) is 1. The van der Waals surface area contributed by atoms with Crippen LogP contribution in [0.5, 0.6) is 0 Å². The number of likely N-dealkylation sites (tertiary alicyclic amines) is 1. The van der Waals surface area contributed by atoms with Crippen LogP contribution in [0.15, 0.2) is 16.6 Å². The van der Waals surface area contributed by atoms with Gasteiger partial charge in [-0.15, -0.1) is 0 Å². The number of rotatable bonds is 2. The van der Waals surface area contributed by atoms with Crippen LogP contribution in [0.25, 0.3) is 0 Å². The quantitative estimate of drug-likeness (QED) is 0.741. The topological polar surface area (TPSA) is 3.24 Å². The van der Waals surface area contributed by atoms with Crippen molar-refractivity contribution in [2.45, 2.75) is 13.0 Å². The van der Waals surface area contributed by atoms with Gasteiger partial charge in [0.2, 0.25) is 0 Å². The molecule has 1 heterocycles. The van der Waals surface area contributed by atoms with Gasteiger partial charge in [0.15, 0.2) is 0 Å². The molecule has 0 aromatic heterocycles. The second kappa shape index (κ2) is 3.95. The third-order valence-corrected chi connectivity index (χ3v) is 3.04. The Morgan fingerprint density at radius 3 is 2.50 bits per heavy atom. The van der Waals surface area contributed by atoms with Crippen LogP contribution in [0.1, 0.15) is 12.0 Å². The van der Waals surface area contributed by atoms with Gasteiger partial charge in [-0.2, -0.15) is 0 Å². The van der Waals surface area contributed by atoms with E-state index in [0.29, 0.717) is 12.1 Å². The van der Waals surface area contributed by atoms with Crippen molar-refractivity contribution in [1.29, 1.82) is 0 Å². The number of benzene rings is 1. The molecule has 1 aliphatic rings. The summed E-state index contributed by atoms with van der Waals surface area (Å²) < 4.78 is 26.6. The van der Waals surface area contributed by atoms with Crippen molar-refractivity contribution in [3.05, 3.63) is 33.8 Å². The zero-order valence-corrected chi connectivity index (χ0v) is 9.15. The smallest absolute Gasteiger partial charge is 0.137 e. The van der Waals surface area contributed by atoms with Crippen LogP contribution >= 0.6 is 15.9 Å². The molecule has 1 aromatic carbocycles. The van der Waals surface area contributed by atoms with Gasteiger partial charge in [-0.3, -0.25) is 4.90 Å². The van der Waals surface area contributed by atoms with E-state index in [2.05, 4.69) is 20.8 Å². The predicted molar refractivity (Wildman–Crippen MR) is 54.0 cm³/mol. The normalized spacial score (nSPS) is 16.8. The van der Waals surface area contributed by atoms with E-state index in [1.165, 1.54) is 12.1 Å². The summed E-state index contributed by atoms with van der Waals surface area (Å²) in [5, 5.41) is 0. The Morgan fingerprint density at radius 1 is 1.21 bits per heavy atom. The van der Waals surface area contributed by atoms with Gasteiger partial charge in [-0.05, 0) is 47.6 Å². The summed E-state index contributed by atoms with van der Waals surface area (Å²) >= 11 is 2.95. The van der Waals surface area contributed by atoms with E-state index in [-0.39, 0.29) is 10.3 Å². The Labute approximate surface area is 89.8 Å². The van der Waals surface area contributed by atoms with Crippen molar-refractivity contribution in [3.8, 4) is 0 Å². The highest BCUT2D eigenvalue weighted by molar-refractivity contribution is 9.10. The molecule has 1 saturated heterocycles. The maximum atomic E-state index is 13.3. The number of halogens is 3. The minimum absolute atomic E-state index is 0.183. The van der Waals surface area contributed by atoms with Crippen LogP contribution in [0.3, 0.4) is 0 Å². The Bertz CT molecular complexity index is 350. The van der Waals surface area contributed by atoms with Crippen molar-refractivity contribution >= 4 is 15.9 Å². The predicted octanol–water partition coefficient (Wildman–Crippen LogP) is 2.93. The van der Waals surface area contributed by atoms with Gasteiger partial charge in [0.05, 0.1) is 4.47 Å². The lowest BCUT2D eigenvalue weighted by molar-refractivity contribution is 0.170. The maximum Gasteiger partial charge on any atom is 0.137 e. The molecule has 1 fully saturated rings. The van der Waals surface area contributed by atoms with Gasteiger partial charge in [-0.25, -0.2) is 8.78 Å². The Kier molecular flexibility index (Phi) is 2.83. The lowest BCUT2D eigenvalue weighted by atomic mass is 10.1. The first-order valence-corrected chi connectivity index (χ1v) is 5.32. The van der Waals surface area contributed by atoms with Gasteiger partial charge in [0.1, 0.15) is 11.6 Å². The first-order chi connectivity index (χ1) is 6.66. The average Bonchev–Trinajstić information content (AvgIpc) is 2.06. The van der Waals surface area contributed by atoms with E-state index in [1.807, 2.05) is 0 Å². The third-order valence-electron chi connectivity index (χ3n) is 2.43. The van der Waals surface area contributed by atoms with Crippen molar-refractivity contribution < 1.29 is 8.78 Å². The molecule has 1 aliphatic heterocycles. The van der Waals surface area contributed by atoms with Gasteiger partial charge in [-0.1, -0.05) is 0 Å². The van der Waals surface area contributed by atoms with E-state index >= 15 is 0 Å². The summed E-state index contributed by atoms with van der Waals surface area (Å²) in [4.78, 5) is 2.09. The van der Waals surface area contributed by atoms with E-state index in [4.69, 9.17) is 0 Å². The summed E-state index contributed by atoms with van der Waals surface area (Å²) in [6.45, 7) is 2.48. The van der Waals surface area contributed by atoms with Gasteiger partial charge < -0.3 is 0 Å². The standard InChI is InChI=1S/C10H10BrF2N/c11-8-5-9(12)7(4-10(8)13)6-14-2-1-3-14/h4-5H,1-3,6H2. The monoisotopic (exact) mass is 261 g/mol. The lowest BCUT2D eigenvalue weighted by Gasteiger charge is -2.30. The molecule has 0 amide bonds. The molecule has 76 valence electrons. The molecular weight excluding hydrogens is 252 g/mol. The van der Waals surface area contributed by atoms with Crippen molar-refractivity contribution in [2.24, 2.45) is 0 Å². The minimum Gasteiger partial charge on any atom is -0.299 e. The van der Waals surface area contributed by atoms with Crippen molar-refractivity contribution in [1.82, 2.24) is 4.90 Å². The molecule has 0 bridgehead atoms. The Morgan fingerprint density at radius 2 is 1.93 bits per heavy atom. The molecule has 0 radical (unpaired) electrons. The summed E-state index contributed by atoms with van der Waals surface area (Å²) in [6, 6.07) is 2.45. The fourth-order valence-electron chi connectivity index (χ4n) is 1.47. The van der Waals surface area contributed by atoms with Crippen molar-refractivity contribution in [3.63, 3.8) is 0 Å². The van der Waals surface area contributed by atoms with Crippen LogP contribution in [-0.2, 0) is 6.54 Å². The molecular formula is C10H10BrF2N. The van der Waals surface area contributed by atoms with Gasteiger partial charge in [0, 0.05) is 12.1 Å². The molecule has 1 aromatic rings. The first kappa shape index (κ1) is 10.1. The fraction of sp³-hybridized carbons (Fsp3) is 0.400. The fourth-order valence-corrected chi connectivity index (χ4v) is 1.78. The molecule has 0 saturated carbocycles. The van der Waals surface area contributed by atoms with E-state index in [9.17, 15) is 8.78 Å². The second-order valence-corrected chi connectivity index (χ2v) is 4.34. The highest BCUT2D eigenvalue weighted by Gasteiger charge is 2.17. The molecule has 14 heavy (non-hydrogen) atoms. The van der Waals surface area contributed by atoms with E-state index in [0.717, 1.165) is 19.5 Å². The summed E-state index contributed by atoms with van der Waals surface area (Å²) in [6.07, 6.45) is 1.15. The third kappa shape index (κ3) is 1.96. The minimum atomic E-state index is -0.401. The van der Waals surface area contributed by atoms with Crippen LogP contribution in [0.2, 0.25) is 0 Å². The molecule has 0 aliphatic carbocycles. The Hall–Kier alpha value is -0.480. The Balaban J connectivity index is 2.19. The number of hydrogen-bond acceptors (Lipinski definition) is 1. The van der Waals surface area contributed by atoms with Crippen LogP contribution in [-0.4, -0.2) is 18.0 Å². The molecule has 4 heteroatoms. The van der Waals surface area contributed by atoms with Crippen LogP contribution < -0.4 is 0 Å². The van der Waals surface area contributed by atoms with Gasteiger partial charge in [0.25, 0.3) is 0 Å². The molecule has 2 rings (SSSR count). The second-order valence-electron chi connectivity index (χ2n) is 3.49. The molecule has 0 spiro atoms. The van der Waals surface area contributed by atoms with E-state index in [1.54, 1.807) is 0 Å². The largest absolute Gasteiger partial charge is 0.299 e. The summed E-state index contributed by atoms with van der Waals surface area (Å²) in [5.74, 6) is -0.743. The molecule has 0 atom stereocenters. The summed E-state index contributed by atoms with van der Waals surface area (Å²) in [7, 11) is 0. The van der Waals surface area contributed by atoms with E-state index < -0.39 is 5.82 Å². The highest BCUT2D eigenvalue weighted by atomic mass is 79.9.